The number of aromatic nitrogens is 1. The molecule has 48 heavy (non-hydrogen) atoms. The molecule has 0 saturated carbocycles. The van der Waals surface area contributed by atoms with Crippen LogP contribution in [0.4, 0.5) is 10.1 Å². The molecule has 6 heteroatoms. The summed E-state index contributed by atoms with van der Waals surface area (Å²) in [6.07, 6.45) is 1.72. The van der Waals surface area contributed by atoms with E-state index in [2.05, 4.69) is 46.7 Å². The van der Waals surface area contributed by atoms with Gasteiger partial charge in [-0.2, -0.15) is 0 Å². The van der Waals surface area contributed by atoms with Crippen molar-refractivity contribution in [2.24, 2.45) is 0 Å². The van der Waals surface area contributed by atoms with Crippen molar-refractivity contribution >= 4 is 17.4 Å². The minimum Gasteiger partial charge on any atom is -0.460 e. The molecule has 0 bridgehead atoms. The molecule has 5 rings (SSSR count). The maximum Gasteiger partial charge on any atom is 0.303 e. The highest BCUT2D eigenvalue weighted by atomic mass is 19.1. The molecule has 0 atom stereocenters. The van der Waals surface area contributed by atoms with Crippen molar-refractivity contribution in [2.45, 2.75) is 73.5 Å². The maximum atomic E-state index is 13.6. The van der Waals surface area contributed by atoms with Gasteiger partial charge in [-0.3, -0.25) is 15.2 Å². The Labute approximate surface area is 286 Å². The Hall–Kier alpha value is -5.10. The lowest BCUT2D eigenvalue weighted by Gasteiger charge is -2.38. The average molecular weight is 648 g/mol. The fraction of sp³-hybridized carbons (Fsp3) is 0.262. The summed E-state index contributed by atoms with van der Waals surface area (Å²) in [6.45, 7) is 16.9. The largest absolute Gasteiger partial charge is 0.460 e. The van der Waals surface area contributed by atoms with E-state index in [-0.39, 0.29) is 23.1 Å². The Bertz CT molecular complexity index is 1590. The van der Waals surface area contributed by atoms with Gasteiger partial charge in [-0.25, -0.2) is 4.39 Å². The van der Waals surface area contributed by atoms with Crippen molar-refractivity contribution in [3.05, 3.63) is 167 Å². The standard InChI is InChI=1S/C32H26FN3.C6H12O2.2C2H6/c1-23-21-30(29(22-35-23)31(34)24-17-19-28(33)20-18-24)36-32(25-11-5-2-6-12-25,26-13-7-3-8-14-26)27-15-9-4-10-16-27;1-5(7)8-6(2,3)4;2*1-2/h2-22,34H,1H3,(H,35,36);1-4H3;2*1-2H3. The third kappa shape index (κ3) is 10.7. The smallest absolute Gasteiger partial charge is 0.303 e. The number of ether oxygens (including phenoxy) is 1. The molecule has 4 aromatic carbocycles. The number of nitrogens with zero attached hydrogens (tertiary/aromatic N) is 1. The predicted octanol–water partition coefficient (Wildman–Crippen LogP) is 10.7. The fourth-order valence-corrected chi connectivity index (χ4v) is 5.05. The minimum absolute atomic E-state index is 0.225. The molecule has 0 aliphatic carbocycles. The van der Waals surface area contributed by atoms with E-state index in [4.69, 9.17) is 10.1 Å². The summed E-state index contributed by atoms with van der Waals surface area (Å²) in [7, 11) is 0. The minimum atomic E-state index is -0.741. The van der Waals surface area contributed by atoms with Gasteiger partial charge in [0.15, 0.2) is 0 Å². The molecule has 5 aromatic rings. The number of rotatable bonds is 7. The number of nitrogens with one attached hydrogen (secondary N) is 2. The van der Waals surface area contributed by atoms with Crippen molar-refractivity contribution in [1.29, 1.82) is 5.41 Å². The second kappa shape index (κ2) is 18.9. The quantitative estimate of drug-likeness (QED) is 0.105. The van der Waals surface area contributed by atoms with Gasteiger partial charge in [-0.15, -0.1) is 0 Å². The fourth-order valence-electron chi connectivity index (χ4n) is 5.05. The maximum absolute atomic E-state index is 13.6. The molecule has 0 aliphatic heterocycles. The van der Waals surface area contributed by atoms with Crippen LogP contribution in [0.5, 0.6) is 0 Å². The number of aryl methyl sites for hydroxylation is 1. The molecule has 0 aliphatic rings. The summed E-state index contributed by atoms with van der Waals surface area (Å²) in [5.74, 6) is -0.555. The Kier molecular flexibility index (Phi) is 15.4. The van der Waals surface area contributed by atoms with E-state index >= 15 is 0 Å². The van der Waals surface area contributed by atoms with E-state index in [0.29, 0.717) is 11.1 Å². The van der Waals surface area contributed by atoms with E-state index in [9.17, 15) is 9.18 Å². The number of pyridine rings is 1. The van der Waals surface area contributed by atoms with Crippen LogP contribution in [0.2, 0.25) is 0 Å². The molecule has 0 spiro atoms. The molecule has 1 heterocycles. The SMILES string of the molecule is CC.CC.CC(=O)OC(C)(C)C.Cc1cc(NC(c2ccccc2)(c2ccccc2)c2ccccc2)c(C(=N)c2ccc(F)cc2)cn1. The molecule has 5 nitrogen and oxygen atoms in total. The van der Waals surface area contributed by atoms with Crippen LogP contribution in [-0.4, -0.2) is 22.3 Å². The predicted molar refractivity (Wildman–Crippen MR) is 198 cm³/mol. The van der Waals surface area contributed by atoms with Crippen LogP contribution >= 0.6 is 0 Å². The van der Waals surface area contributed by atoms with Crippen LogP contribution in [0.1, 0.15) is 88.9 Å². The van der Waals surface area contributed by atoms with Crippen LogP contribution in [0, 0.1) is 18.2 Å². The zero-order valence-corrected chi connectivity index (χ0v) is 29.8. The van der Waals surface area contributed by atoms with Gasteiger partial charge >= 0.3 is 5.97 Å². The van der Waals surface area contributed by atoms with E-state index in [1.807, 2.05) is 116 Å². The molecule has 2 N–H and O–H groups in total. The molecule has 0 fully saturated rings. The third-order valence-corrected chi connectivity index (χ3v) is 6.84. The summed E-state index contributed by atoms with van der Waals surface area (Å²) >= 11 is 0. The molecular weight excluding hydrogens is 597 g/mol. The first-order valence-corrected chi connectivity index (χ1v) is 16.5. The summed E-state index contributed by atoms with van der Waals surface area (Å²) < 4.78 is 18.4. The highest BCUT2D eigenvalue weighted by Crippen LogP contribution is 2.41. The Morgan fingerprint density at radius 2 is 1.15 bits per heavy atom. The van der Waals surface area contributed by atoms with Crippen LogP contribution in [-0.2, 0) is 15.1 Å². The normalized spacial score (nSPS) is 10.5. The first-order valence-electron chi connectivity index (χ1n) is 16.5. The lowest BCUT2D eigenvalue weighted by molar-refractivity contribution is -0.151. The van der Waals surface area contributed by atoms with E-state index in [0.717, 1.165) is 28.1 Å². The Morgan fingerprint density at radius 3 is 1.50 bits per heavy atom. The van der Waals surface area contributed by atoms with E-state index in [1.165, 1.54) is 19.1 Å². The van der Waals surface area contributed by atoms with Crippen LogP contribution in [0.15, 0.2) is 128 Å². The zero-order valence-electron chi connectivity index (χ0n) is 29.8. The van der Waals surface area contributed by atoms with Gasteiger partial charge in [0.25, 0.3) is 0 Å². The number of carbonyl (C=O) groups is 1. The van der Waals surface area contributed by atoms with Crippen LogP contribution < -0.4 is 5.32 Å². The number of hydrogen-bond donors (Lipinski definition) is 2. The summed E-state index contributed by atoms with van der Waals surface area (Å²) in [6, 6.07) is 38.9. The number of carbonyl (C=O) groups excluding carboxylic acids is 1. The first kappa shape index (κ1) is 39.1. The van der Waals surface area contributed by atoms with Gasteiger partial charge in [0.2, 0.25) is 0 Å². The van der Waals surface area contributed by atoms with E-state index in [1.54, 1.807) is 18.3 Å². The molecule has 0 saturated heterocycles. The van der Waals surface area contributed by atoms with Crippen LogP contribution in [0.3, 0.4) is 0 Å². The lowest BCUT2D eigenvalue weighted by Crippen LogP contribution is -2.38. The lowest BCUT2D eigenvalue weighted by atomic mass is 9.76. The van der Waals surface area contributed by atoms with Gasteiger partial charge in [0, 0.05) is 35.6 Å². The first-order chi connectivity index (χ1) is 23.0. The van der Waals surface area contributed by atoms with Crippen molar-refractivity contribution in [3.8, 4) is 0 Å². The monoisotopic (exact) mass is 647 g/mol. The molecule has 0 radical (unpaired) electrons. The zero-order chi connectivity index (χ0) is 35.7. The van der Waals surface area contributed by atoms with Gasteiger partial charge in [-0.1, -0.05) is 119 Å². The summed E-state index contributed by atoms with van der Waals surface area (Å²) in [5.41, 5.74) is 5.26. The highest BCUT2D eigenvalue weighted by Gasteiger charge is 2.37. The van der Waals surface area contributed by atoms with Crippen LogP contribution in [0.25, 0.3) is 0 Å². The molecule has 1 aromatic heterocycles. The van der Waals surface area contributed by atoms with Crippen molar-refractivity contribution in [1.82, 2.24) is 4.98 Å². The van der Waals surface area contributed by atoms with Crippen molar-refractivity contribution < 1.29 is 13.9 Å². The molecular formula is C42H50FN3O2. The molecule has 0 amide bonds. The van der Waals surface area contributed by atoms with Gasteiger partial charge in [-0.05, 0) is 74.7 Å². The Morgan fingerprint density at radius 1 is 0.729 bits per heavy atom. The summed E-state index contributed by atoms with van der Waals surface area (Å²) in [5, 5.41) is 12.8. The topological polar surface area (TPSA) is 75.1 Å². The van der Waals surface area contributed by atoms with E-state index < -0.39 is 5.54 Å². The molecule has 252 valence electrons. The number of benzene rings is 4. The molecule has 0 unspecified atom stereocenters. The number of anilines is 1. The number of halogens is 1. The Balaban J connectivity index is 0.000000580. The number of esters is 1. The average Bonchev–Trinajstić information content (AvgIpc) is 3.09. The van der Waals surface area contributed by atoms with Crippen molar-refractivity contribution in [2.75, 3.05) is 5.32 Å². The highest BCUT2D eigenvalue weighted by molar-refractivity contribution is 6.14. The van der Waals surface area contributed by atoms with Crippen molar-refractivity contribution in [3.63, 3.8) is 0 Å². The number of hydrogen-bond acceptors (Lipinski definition) is 5. The second-order valence-corrected chi connectivity index (χ2v) is 11.4. The summed E-state index contributed by atoms with van der Waals surface area (Å²) in [4.78, 5) is 14.7. The van der Waals surface area contributed by atoms with Gasteiger partial charge in [0.05, 0.1) is 5.71 Å². The van der Waals surface area contributed by atoms with Gasteiger partial charge < -0.3 is 10.1 Å². The second-order valence-electron chi connectivity index (χ2n) is 11.4. The van der Waals surface area contributed by atoms with Gasteiger partial charge in [0.1, 0.15) is 17.0 Å². The third-order valence-electron chi connectivity index (χ3n) is 6.84.